The lowest BCUT2D eigenvalue weighted by atomic mass is 9.49. The second kappa shape index (κ2) is 4.02. The van der Waals surface area contributed by atoms with Gasteiger partial charge in [0, 0.05) is 16.6 Å². The van der Waals surface area contributed by atoms with E-state index in [0.717, 1.165) is 12.8 Å². The van der Waals surface area contributed by atoms with E-state index >= 15 is 0 Å². The van der Waals surface area contributed by atoms with Gasteiger partial charge in [0.05, 0.1) is 0 Å². The van der Waals surface area contributed by atoms with Gasteiger partial charge < -0.3 is 0 Å². The van der Waals surface area contributed by atoms with Gasteiger partial charge in [0.15, 0.2) is 0 Å². The molecule has 0 bridgehead atoms. The first-order chi connectivity index (χ1) is 7.15. The first-order valence-corrected chi connectivity index (χ1v) is 5.68. The molecular formula is C11H12BClFN. The Morgan fingerprint density at radius 2 is 2.40 bits per heavy atom. The molecule has 15 heavy (non-hydrogen) atoms. The summed E-state index contributed by atoms with van der Waals surface area (Å²) in [6.07, 6.45) is 6.76. The fourth-order valence-corrected chi connectivity index (χ4v) is 2.72. The van der Waals surface area contributed by atoms with Gasteiger partial charge in [-0.05, 0) is 25.6 Å². The molecule has 1 atom stereocenters. The zero-order chi connectivity index (χ0) is 10.9. The van der Waals surface area contributed by atoms with Crippen molar-refractivity contribution in [3.8, 4) is 5.97 Å². The van der Waals surface area contributed by atoms with Crippen LogP contribution in [0.25, 0.3) is 0 Å². The van der Waals surface area contributed by atoms with Crippen LogP contribution in [0, 0.1) is 11.2 Å². The maximum atomic E-state index is 14.5. The van der Waals surface area contributed by atoms with Crippen molar-refractivity contribution in [2.75, 3.05) is 0 Å². The molecule has 0 radical (unpaired) electrons. The van der Waals surface area contributed by atoms with Crippen molar-refractivity contribution in [3.05, 3.63) is 22.8 Å². The number of nitrogens with zero attached hydrogens (tertiary/aromatic N) is 1. The van der Waals surface area contributed by atoms with Crippen LogP contribution in [0.3, 0.4) is 0 Å². The van der Waals surface area contributed by atoms with E-state index in [1.807, 2.05) is 6.08 Å². The SMILES string of the molecule is N#CB1CCC(F)(C2=C(Cl)CCC=C2)C1. The predicted molar refractivity (Wildman–Crippen MR) is 60.7 cm³/mol. The number of rotatable bonds is 1. The molecular weight excluding hydrogens is 211 g/mol. The second-order valence-corrected chi connectivity index (χ2v) is 4.75. The minimum absolute atomic E-state index is 0.151. The van der Waals surface area contributed by atoms with Crippen LogP contribution < -0.4 is 0 Å². The van der Waals surface area contributed by atoms with Crippen LogP contribution in [-0.4, -0.2) is 12.4 Å². The van der Waals surface area contributed by atoms with E-state index in [1.54, 1.807) is 6.08 Å². The van der Waals surface area contributed by atoms with Crippen LogP contribution in [0.4, 0.5) is 4.39 Å². The monoisotopic (exact) mass is 223 g/mol. The molecule has 1 aliphatic carbocycles. The molecule has 0 spiro atoms. The van der Waals surface area contributed by atoms with Gasteiger partial charge in [0.1, 0.15) is 5.67 Å². The fourth-order valence-electron chi connectivity index (χ4n) is 2.38. The highest BCUT2D eigenvalue weighted by Crippen LogP contribution is 2.44. The maximum absolute atomic E-state index is 14.5. The summed E-state index contributed by atoms with van der Waals surface area (Å²) in [5, 5.41) is 9.42. The Hall–Kier alpha value is -0.745. The Morgan fingerprint density at radius 3 is 3.00 bits per heavy atom. The molecule has 0 aromatic heterocycles. The molecule has 0 amide bonds. The molecule has 1 aliphatic heterocycles. The van der Waals surface area contributed by atoms with Crippen molar-refractivity contribution in [3.63, 3.8) is 0 Å². The Labute approximate surface area is 94.7 Å². The average Bonchev–Trinajstić information content (AvgIpc) is 2.62. The van der Waals surface area contributed by atoms with E-state index in [1.165, 1.54) is 0 Å². The quantitative estimate of drug-likeness (QED) is 0.624. The Morgan fingerprint density at radius 1 is 1.60 bits per heavy atom. The molecule has 1 unspecified atom stereocenters. The van der Waals surface area contributed by atoms with E-state index in [4.69, 9.17) is 16.9 Å². The molecule has 2 aliphatic rings. The predicted octanol–water partition coefficient (Wildman–Crippen LogP) is 3.50. The molecule has 1 nitrogen and oxygen atoms in total. The van der Waals surface area contributed by atoms with Gasteiger partial charge in [-0.15, -0.1) is 0 Å². The van der Waals surface area contributed by atoms with Gasteiger partial charge >= 0.3 is 0 Å². The molecule has 1 fully saturated rings. The van der Waals surface area contributed by atoms with E-state index in [-0.39, 0.29) is 6.71 Å². The summed E-state index contributed by atoms with van der Waals surface area (Å²) >= 11 is 6.05. The average molecular weight is 223 g/mol. The largest absolute Gasteiger partial charge is 0.271 e. The topological polar surface area (TPSA) is 23.8 Å². The third-order valence-corrected chi connectivity index (χ3v) is 3.62. The Balaban J connectivity index is 2.24. The van der Waals surface area contributed by atoms with Crippen molar-refractivity contribution in [2.24, 2.45) is 0 Å². The molecule has 0 aromatic rings. The number of halogens is 2. The Kier molecular flexibility index (Phi) is 2.88. The molecule has 0 N–H and O–H groups in total. The summed E-state index contributed by atoms with van der Waals surface area (Å²) in [5.41, 5.74) is -0.734. The summed E-state index contributed by atoms with van der Waals surface area (Å²) in [4.78, 5) is 0. The van der Waals surface area contributed by atoms with Gasteiger partial charge in [-0.2, -0.15) is 0 Å². The number of nitriles is 1. The van der Waals surface area contributed by atoms with Crippen LogP contribution in [0.5, 0.6) is 0 Å². The van der Waals surface area contributed by atoms with Crippen LogP contribution in [0.1, 0.15) is 19.3 Å². The normalized spacial score (nSPS) is 30.9. The lowest BCUT2D eigenvalue weighted by molar-refractivity contribution is 0.248. The van der Waals surface area contributed by atoms with Gasteiger partial charge in [-0.1, -0.05) is 30.1 Å². The number of allylic oxidation sites excluding steroid dienone is 4. The molecule has 4 heteroatoms. The first kappa shape index (κ1) is 10.8. The summed E-state index contributed by atoms with van der Waals surface area (Å²) in [5.74, 6) is 2.14. The molecule has 1 heterocycles. The van der Waals surface area contributed by atoms with Crippen LogP contribution in [-0.2, 0) is 0 Å². The highest BCUT2D eigenvalue weighted by molar-refractivity contribution is 6.68. The fraction of sp³-hybridized carbons (Fsp3) is 0.545. The minimum Gasteiger partial charge on any atom is -0.239 e. The zero-order valence-corrected chi connectivity index (χ0v) is 9.23. The third-order valence-electron chi connectivity index (χ3n) is 3.23. The molecule has 78 valence electrons. The summed E-state index contributed by atoms with van der Waals surface area (Å²) in [6.45, 7) is -0.151. The first-order valence-electron chi connectivity index (χ1n) is 5.30. The summed E-state index contributed by atoms with van der Waals surface area (Å²) < 4.78 is 14.5. The Bertz CT molecular complexity index is 371. The summed E-state index contributed by atoms with van der Waals surface area (Å²) in [7, 11) is 0. The smallest absolute Gasteiger partial charge is 0.239 e. The minimum atomic E-state index is -1.35. The lowest BCUT2D eigenvalue weighted by Crippen LogP contribution is -2.23. The number of hydrogen-bond donors (Lipinski definition) is 0. The highest BCUT2D eigenvalue weighted by atomic mass is 35.5. The van der Waals surface area contributed by atoms with Gasteiger partial charge in [-0.3, -0.25) is 0 Å². The van der Waals surface area contributed by atoms with Crippen molar-refractivity contribution in [1.82, 2.24) is 0 Å². The van der Waals surface area contributed by atoms with Gasteiger partial charge in [0.25, 0.3) is 6.71 Å². The summed E-state index contributed by atoms with van der Waals surface area (Å²) in [6, 6.07) is 0. The van der Waals surface area contributed by atoms with E-state index in [0.29, 0.717) is 29.7 Å². The standard InChI is InChI=1S/C11H12BClFN/c13-10-4-2-1-3-9(10)11(14)5-6-12(7-11)8-15/h1,3H,2,4-7H2. The van der Waals surface area contributed by atoms with Crippen LogP contribution >= 0.6 is 11.6 Å². The molecule has 0 aromatic carbocycles. The van der Waals surface area contributed by atoms with E-state index in [2.05, 4.69) is 5.97 Å². The molecule has 1 saturated heterocycles. The van der Waals surface area contributed by atoms with Crippen molar-refractivity contribution in [2.45, 2.75) is 37.6 Å². The number of alkyl halides is 1. The zero-order valence-electron chi connectivity index (χ0n) is 8.47. The third kappa shape index (κ3) is 1.96. The van der Waals surface area contributed by atoms with Crippen LogP contribution in [0.15, 0.2) is 22.8 Å². The second-order valence-electron chi connectivity index (χ2n) is 4.29. The van der Waals surface area contributed by atoms with Crippen LogP contribution in [0.2, 0.25) is 12.6 Å². The van der Waals surface area contributed by atoms with E-state index in [9.17, 15) is 4.39 Å². The highest BCUT2D eigenvalue weighted by Gasteiger charge is 2.44. The molecule has 0 saturated carbocycles. The van der Waals surface area contributed by atoms with E-state index < -0.39 is 5.67 Å². The maximum Gasteiger partial charge on any atom is 0.271 e. The van der Waals surface area contributed by atoms with Gasteiger partial charge in [-0.25, -0.2) is 9.65 Å². The van der Waals surface area contributed by atoms with Crippen molar-refractivity contribution in [1.29, 1.82) is 5.26 Å². The van der Waals surface area contributed by atoms with Gasteiger partial charge in [0.2, 0.25) is 0 Å². The molecule has 2 rings (SSSR count). The number of hydrogen-bond acceptors (Lipinski definition) is 1. The van der Waals surface area contributed by atoms with Crippen molar-refractivity contribution < 1.29 is 4.39 Å². The lowest BCUT2D eigenvalue weighted by Gasteiger charge is -2.24. The van der Waals surface area contributed by atoms with Crippen molar-refractivity contribution >= 4 is 18.3 Å².